The van der Waals surface area contributed by atoms with Crippen LogP contribution < -0.4 is 0 Å². The highest BCUT2D eigenvalue weighted by molar-refractivity contribution is 7.14. The second kappa shape index (κ2) is 5.54. The van der Waals surface area contributed by atoms with Crippen molar-refractivity contribution in [2.24, 2.45) is 5.16 Å². The Morgan fingerprint density at radius 2 is 2.43 bits per heavy atom. The van der Waals surface area contributed by atoms with Crippen molar-refractivity contribution in [3.63, 3.8) is 0 Å². The molecule has 1 aromatic heterocycles. The van der Waals surface area contributed by atoms with Crippen LogP contribution in [0.15, 0.2) is 17.3 Å². The first-order chi connectivity index (χ1) is 6.74. The number of carbonyl (C=O) groups is 1. The molecule has 1 rings (SSSR count). The van der Waals surface area contributed by atoms with Crippen LogP contribution >= 0.6 is 11.3 Å². The van der Waals surface area contributed by atoms with Gasteiger partial charge in [-0.2, -0.15) is 0 Å². The van der Waals surface area contributed by atoms with Crippen LogP contribution in [0.2, 0.25) is 0 Å². The highest BCUT2D eigenvalue weighted by Crippen LogP contribution is 2.16. The second-order valence-electron chi connectivity index (χ2n) is 2.73. The van der Waals surface area contributed by atoms with Gasteiger partial charge in [0.15, 0.2) is 5.78 Å². The number of rotatable bonds is 5. The van der Waals surface area contributed by atoms with Crippen molar-refractivity contribution in [2.75, 3.05) is 6.61 Å². The van der Waals surface area contributed by atoms with Crippen molar-refractivity contribution in [3.05, 3.63) is 21.9 Å². The highest BCUT2D eigenvalue weighted by atomic mass is 32.1. The van der Waals surface area contributed by atoms with Gasteiger partial charge in [-0.3, -0.25) is 4.79 Å². The number of carbonyl (C=O) groups excluding carboxylic acids is 1. The molecule has 0 aromatic carbocycles. The molecule has 0 unspecified atom stereocenters. The Morgan fingerprint density at radius 1 is 1.64 bits per heavy atom. The van der Waals surface area contributed by atoms with E-state index in [1.165, 1.54) is 11.3 Å². The normalized spacial score (nSPS) is 10.7. The van der Waals surface area contributed by atoms with E-state index in [0.717, 1.165) is 16.2 Å². The monoisotopic (exact) mass is 211 g/mol. The first kappa shape index (κ1) is 10.9. The third-order valence-corrected chi connectivity index (χ3v) is 2.79. The maximum Gasteiger partial charge on any atom is 0.169 e. The van der Waals surface area contributed by atoms with Gasteiger partial charge in [0.25, 0.3) is 0 Å². The lowest BCUT2D eigenvalue weighted by Crippen LogP contribution is -1.85. The van der Waals surface area contributed by atoms with E-state index < -0.39 is 0 Å². The predicted octanol–water partition coefficient (Wildman–Crippen LogP) is 2.52. The Morgan fingerprint density at radius 3 is 3.00 bits per heavy atom. The molecule has 76 valence electrons. The van der Waals surface area contributed by atoms with Crippen LogP contribution in [0.5, 0.6) is 0 Å². The molecule has 0 aliphatic carbocycles. The van der Waals surface area contributed by atoms with Crippen LogP contribution in [-0.2, 0) is 11.3 Å². The molecule has 0 fully saturated rings. The first-order valence-corrected chi connectivity index (χ1v) is 5.29. The topological polar surface area (TPSA) is 38.7 Å². The van der Waals surface area contributed by atoms with Crippen LogP contribution in [-0.4, -0.2) is 18.6 Å². The number of nitrogens with zero attached hydrogens (tertiary/aromatic N) is 1. The molecule has 0 bridgehead atoms. The zero-order chi connectivity index (χ0) is 10.4. The summed E-state index contributed by atoms with van der Waals surface area (Å²) in [6, 6.07) is 3.79. The lowest BCUT2D eigenvalue weighted by atomic mass is 10.3. The highest BCUT2D eigenvalue weighted by Gasteiger charge is 2.02. The molecule has 0 aliphatic heterocycles. The van der Waals surface area contributed by atoms with Crippen molar-refractivity contribution < 1.29 is 9.63 Å². The average Bonchev–Trinajstić information content (AvgIpc) is 2.61. The molecule has 0 amide bonds. The molecule has 0 aliphatic rings. The van der Waals surface area contributed by atoms with Crippen LogP contribution in [0, 0.1) is 0 Å². The van der Waals surface area contributed by atoms with Gasteiger partial charge in [-0.25, -0.2) is 0 Å². The minimum absolute atomic E-state index is 0.114. The van der Waals surface area contributed by atoms with E-state index in [4.69, 9.17) is 4.84 Å². The van der Waals surface area contributed by atoms with Gasteiger partial charge in [-0.05, 0) is 26.0 Å². The van der Waals surface area contributed by atoms with E-state index >= 15 is 0 Å². The van der Waals surface area contributed by atoms with Crippen LogP contribution in [0.4, 0.5) is 0 Å². The summed E-state index contributed by atoms with van der Waals surface area (Å²) < 4.78 is 0. The Labute approximate surface area is 87.4 Å². The van der Waals surface area contributed by atoms with Gasteiger partial charge in [0.2, 0.25) is 0 Å². The summed E-state index contributed by atoms with van der Waals surface area (Å²) in [5, 5.41) is 3.74. The summed E-state index contributed by atoms with van der Waals surface area (Å²) in [4.78, 5) is 17.7. The van der Waals surface area contributed by atoms with Crippen LogP contribution in [0.1, 0.15) is 28.4 Å². The maximum absolute atomic E-state index is 11.0. The Hall–Kier alpha value is -1.16. The Bertz CT molecular complexity index is 331. The molecule has 4 heteroatoms. The third-order valence-electron chi connectivity index (χ3n) is 1.58. The van der Waals surface area contributed by atoms with Crippen molar-refractivity contribution >= 4 is 23.3 Å². The molecular weight excluding hydrogens is 198 g/mol. The quantitative estimate of drug-likeness (QED) is 0.426. The number of oxime groups is 1. The molecule has 1 heterocycles. The van der Waals surface area contributed by atoms with E-state index in [2.05, 4.69) is 5.16 Å². The molecule has 0 N–H and O–H groups in total. The van der Waals surface area contributed by atoms with E-state index in [0.29, 0.717) is 6.61 Å². The average molecular weight is 211 g/mol. The third kappa shape index (κ3) is 3.30. The SMILES string of the molecule is CCON=CCc1ccc(C(C)=O)s1. The summed E-state index contributed by atoms with van der Waals surface area (Å²) in [5.41, 5.74) is 0. The van der Waals surface area contributed by atoms with E-state index in [1.807, 2.05) is 19.1 Å². The van der Waals surface area contributed by atoms with E-state index in [1.54, 1.807) is 13.1 Å². The number of ketones is 1. The minimum Gasteiger partial charge on any atom is -0.396 e. The zero-order valence-electron chi connectivity index (χ0n) is 8.32. The number of thiophene rings is 1. The Balaban J connectivity index is 2.47. The molecule has 0 saturated heterocycles. The summed E-state index contributed by atoms with van der Waals surface area (Å²) in [6.07, 6.45) is 2.43. The van der Waals surface area contributed by atoms with E-state index in [9.17, 15) is 4.79 Å². The van der Waals surface area contributed by atoms with Gasteiger partial charge < -0.3 is 4.84 Å². The largest absolute Gasteiger partial charge is 0.396 e. The van der Waals surface area contributed by atoms with Gasteiger partial charge in [-0.15, -0.1) is 11.3 Å². The van der Waals surface area contributed by atoms with Gasteiger partial charge in [0.05, 0.1) is 4.88 Å². The molecule has 14 heavy (non-hydrogen) atoms. The molecule has 0 saturated carbocycles. The van der Waals surface area contributed by atoms with Gasteiger partial charge >= 0.3 is 0 Å². The smallest absolute Gasteiger partial charge is 0.169 e. The van der Waals surface area contributed by atoms with Crippen LogP contribution in [0.3, 0.4) is 0 Å². The zero-order valence-corrected chi connectivity index (χ0v) is 9.13. The molecule has 0 spiro atoms. The van der Waals surface area contributed by atoms with Gasteiger partial charge in [-0.1, -0.05) is 5.16 Å². The maximum atomic E-state index is 11.0. The lowest BCUT2D eigenvalue weighted by molar-refractivity contribution is 0.102. The second-order valence-corrected chi connectivity index (χ2v) is 3.90. The van der Waals surface area contributed by atoms with Crippen molar-refractivity contribution in [1.29, 1.82) is 0 Å². The Kier molecular flexibility index (Phi) is 4.32. The van der Waals surface area contributed by atoms with Crippen molar-refractivity contribution in [1.82, 2.24) is 0 Å². The van der Waals surface area contributed by atoms with Gasteiger partial charge in [0.1, 0.15) is 6.61 Å². The molecule has 0 atom stereocenters. The van der Waals surface area contributed by atoms with Crippen LogP contribution in [0.25, 0.3) is 0 Å². The predicted molar refractivity (Wildman–Crippen MR) is 58.1 cm³/mol. The number of hydrogen-bond donors (Lipinski definition) is 0. The van der Waals surface area contributed by atoms with Gasteiger partial charge in [0, 0.05) is 17.5 Å². The first-order valence-electron chi connectivity index (χ1n) is 4.47. The fourth-order valence-corrected chi connectivity index (χ4v) is 1.79. The number of Topliss-reactive ketones (excluding diaryl/α,β-unsaturated/α-hetero) is 1. The minimum atomic E-state index is 0.114. The van der Waals surface area contributed by atoms with E-state index in [-0.39, 0.29) is 5.78 Å². The summed E-state index contributed by atoms with van der Waals surface area (Å²) in [7, 11) is 0. The summed E-state index contributed by atoms with van der Waals surface area (Å²) >= 11 is 1.50. The summed E-state index contributed by atoms with van der Waals surface area (Å²) in [5.74, 6) is 0.114. The summed E-state index contributed by atoms with van der Waals surface area (Å²) in [6.45, 7) is 4.04. The number of hydrogen-bond acceptors (Lipinski definition) is 4. The molecule has 3 nitrogen and oxygen atoms in total. The molecular formula is C10H13NO2S. The lowest BCUT2D eigenvalue weighted by Gasteiger charge is -1.90. The standard InChI is InChI=1S/C10H13NO2S/c1-3-13-11-7-6-9-4-5-10(14-9)8(2)12/h4-5,7H,3,6H2,1-2H3. The molecule has 1 aromatic rings. The fraction of sp³-hybridized carbons (Fsp3) is 0.400. The van der Waals surface area contributed by atoms with Crippen molar-refractivity contribution in [2.45, 2.75) is 20.3 Å². The molecule has 0 radical (unpaired) electrons. The fourth-order valence-electron chi connectivity index (χ4n) is 0.931. The van der Waals surface area contributed by atoms with Crippen molar-refractivity contribution in [3.8, 4) is 0 Å².